The van der Waals surface area contributed by atoms with Crippen LogP contribution in [0.3, 0.4) is 0 Å². The summed E-state index contributed by atoms with van der Waals surface area (Å²) in [5.74, 6) is 0. The summed E-state index contributed by atoms with van der Waals surface area (Å²) in [5.41, 5.74) is 4.46. The molecule has 5 aromatic rings. The smallest absolute Gasteiger partial charge is 0.300 e. The fourth-order valence-corrected chi connectivity index (χ4v) is 3.50. The molecular formula is C24H15F3N4. The molecule has 7 heteroatoms. The van der Waals surface area contributed by atoms with Crippen LogP contribution in [0.4, 0.5) is 13.2 Å². The quantitative estimate of drug-likeness (QED) is 0.355. The number of hydrogen-bond donors (Lipinski definition) is 0. The van der Waals surface area contributed by atoms with Gasteiger partial charge in [-0.2, -0.15) is 13.2 Å². The molecule has 152 valence electrons. The first kappa shape index (κ1) is 19.0. The van der Waals surface area contributed by atoms with Gasteiger partial charge in [-0.15, -0.1) is 0 Å². The molecule has 0 atom stereocenters. The molecule has 0 radical (unpaired) electrons. The molecule has 0 fully saturated rings. The summed E-state index contributed by atoms with van der Waals surface area (Å²) in [7, 11) is 0. The van der Waals surface area contributed by atoms with Crippen LogP contribution in [0.15, 0.2) is 91.5 Å². The second-order valence-electron chi connectivity index (χ2n) is 7.01. The van der Waals surface area contributed by atoms with E-state index in [9.17, 15) is 13.2 Å². The molecule has 0 aliphatic rings. The average molecular weight is 416 g/mol. The van der Waals surface area contributed by atoms with Crippen molar-refractivity contribution in [1.82, 2.24) is 19.4 Å². The molecule has 4 nitrogen and oxygen atoms in total. The highest BCUT2D eigenvalue weighted by atomic mass is 19.4. The highest BCUT2D eigenvalue weighted by Crippen LogP contribution is 2.31. The normalized spacial score (nSPS) is 11.7. The maximum Gasteiger partial charge on any atom is 0.433 e. The second-order valence-corrected chi connectivity index (χ2v) is 7.01. The van der Waals surface area contributed by atoms with Crippen molar-refractivity contribution in [3.8, 4) is 33.6 Å². The van der Waals surface area contributed by atoms with Gasteiger partial charge in [0.25, 0.3) is 0 Å². The summed E-state index contributed by atoms with van der Waals surface area (Å²) in [6, 6.07) is 19.9. The zero-order valence-corrected chi connectivity index (χ0v) is 16.1. The molecule has 4 aromatic heterocycles. The largest absolute Gasteiger partial charge is 0.433 e. The Kier molecular flexibility index (Phi) is 4.51. The van der Waals surface area contributed by atoms with E-state index < -0.39 is 11.9 Å². The lowest BCUT2D eigenvalue weighted by molar-refractivity contribution is -0.141. The van der Waals surface area contributed by atoms with E-state index in [4.69, 9.17) is 0 Å². The summed E-state index contributed by atoms with van der Waals surface area (Å²) < 4.78 is 40.9. The number of rotatable bonds is 3. The Morgan fingerprint density at radius 2 is 1.42 bits per heavy atom. The van der Waals surface area contributed by atoms with Crippen LogP contribution < -0.4 is 0 Å². The van der Waals surface area contributed by atoms with E-state index in [0.29, 0.717) is 16.8 Å². The summed E-state index contributed by atoms with van der Waals surface area (Å²) in [5, 5.41) is 0. The van der Waals surface area contributed by atoms with E-state index in [1.807, 2.05) is 53.1 Å². The first-order valence-electron chi connectivity index (χ1n) is 9.52. The van der Waals surface area contributed by atoms with Crippen LogP contribution in [0.25, 0.3) is 39.3 Å². The third-order valence-corrected chi connectivity index (χ3v) is 5.02. The first-order valence-corrected chi connectivity index (χ1v) is 9.52. The van der Waals surface area contributed by atoms with Gasteiger partial charge in [0, 0.05) is 29.7 Å². The Balaban J connectivity index is 1.54. The Hall–Kier alpha value is -4.00. The molecule has 0 saturated carbocycles. The van der Waals surface area contributed by atoms with Gasteiger partial charge in [-0.3, -0.25) is 14.4 Å². The van der Waals surface area contributed by atoms with E-state index in [2.05, 4.69) is 15.0 Å². The molecule has 0 saturated heterocycles. The van der Waals surface area contributed by atoms with E-state index in [-0.39, 0.29) is 0 Å². The van der Waals surface area contributed by atoms with Gasteiger partial charge in [0.2, 0.25) is 0 Å². The minimum absolute atomic E-state index is 0.435. The van der Waals surface area contributed by atoms with Crippen molar-refractivity contribution in [2.45, 2.75) is 6.18 Å². The maximum absolute atomic E-state index is 13.0. The van der Waals surface area contributed by atoms with E-state index in [1.165, 1.54) is 6.20 Å². The molecule has 1 aromatic carbocycles. The van der Waals surface area contributed by atoms with Crippen molar-refractivity contribution in [2.75, 3.05) is 0 Å². The summed E-state index contributed by atoms with van der Waals surface area (Å²) in [6.45, 7) is 0. The van der Waals surface area contributed by atoms with Crippen molar-refractivity contribution < 1.29 is 13.2 Å². The summed E-state index contributed by atoms with van der Waals surface area (Å²) >= 11 is 0. The SMILES string of the molecule is FC(F)(F)c1cc(-c2ccn3c(-c4ccnc(-c5ccccc5)c4)cnc3c2)ccn1. The van der Waals surface area contributed by atoms with Crippen LogP contribution in [0.5, 0.6) is 0 Å². The summed E-state index contributed by atoms with van der Waals surface area (Å²) in [4.78, 5) is 12.3. The van der Waals surface area contributed by atoms with Gasteiger partial charge in [0.1, 0.15) is 11.3 Å². The Labute approximate surface area is 175 Å². The van der Waals surface area contributed by atoms with Gasteiger partial charge in [0.05, 0.1) is 17.6 Å². The predicted molar refractivity (Wildman–Crippen MR) is 112 cm³/mol. The standard InChI is InChI=1S/C24H15F3N4/c25-24(26,27)22-13-17(6-10-29-22)18-8-11-31-21(15-30-23(31)14-18)19-7-9-28-20(12-19)16-4-2-1-3-5-16/h1-15H. The molecule has 0 unspecified atom stereocenters. The van der Waals surface area contributed by atoms with Gasteiger partial charge < -0.3 is 0 Å². The molecule has 0 spiro atoms. The summed E-state index contributed by atoms with van der Waals surface area (Å²) in [6.07, 6.45) is 1.99. The van der Waals surface area contributed by atoms with E-state index >= 15 is 0 Å². The van der Waals surface area contributed by atoms with E-state index in [1.54, 1.807) is 30.6 Å². The monoisotopic (exact) mass is 416 g/mol. The van der Waals surface area contributed by atoms with Gasteiger partial charge in [-0.25, -0.2) is 4.98 Å². The minimum atomic E-state index is -4.49. The fraction of sp³-hybridized carbons (Fsp3) is 0.0417. The van der Waals surface area contributed by atoms with Crippen LogP contribution in [-0.2, 0) is 6.18 Å². The van der Waals surface area contributed by atoms with Gasteiger partial charge >= 0.3 is 6.18 Å². The minimum Gasteiger partial charge on any atom is -0.300 e. The van der Waals surface area contributed by atoms with Gasteiger partial charge in [-0.1, -0.05) is 30.3 Å². The van der Waals surface area contributed by atoms with E-state index in [0.717, 1.165) is 28.6 Å². The average Bonchev–Trinajstić information content (AvgIpc) is 3.23. The maximum atomic E-state index is 13.0. The molecular weight excluding hydrogens is 401 g/mol. The highest BCUT2D eigenvalue weighted by molar-refractivity contribution is 5.73. The van der Waals surface area contributed by atoms with Crippen LogP contribution in [0.1, 0.15) is 5.69 Å². The van der Waals surface area contributed by atoms with Crippen molar-refractivity contribution in [2.24, 2.45) is 0 Å². The molecule has 31 heavy (non-hydrogen) atoms. The van der Waals surface area contributed by atoms with Gasteiger partial charge in [0.15, 0.2) is 0 Å². The van der Waals surface area contributed by atoms with Crippen molar-refractivity contribution in [3.63, 3.8) is 0 Å². The lowest BCUT2D eigenvalue weighted by atomic mass is 10.1. The Morgan fingerprint density at radius 1 is 0.677 bits per heavy atom. The molecule has 0 aliphatic heterocycles. The number of aromatic nitrogens is 4. The van der Waals surface area contributed by atoms with Crippen LogP contribution in [0, 0.1) is 0 Å². The van der Waals surface area contributed by atoms with Crippen LogP contribution >= 0.6 is 0 Å². The number of halogens is 3. The fourth-order valence-electron chi connectivity index (χ4n) is 3.50. The molecule has 0 aliphatic carbocycles. The number of fused-ring (bicyclic) bond motifs is 1. The number of pyridine rings is 3. The molecule has 0 bridgehead atoms. The predicted octanol–water partition coefficient (Wildman–Crippen LogP) is 6.14. The second kappa shape index (κ2) is 7.36. The molecule has 5 rings (SSSR count). The van der Waals surface area contributed by atoms with Crippen molar-refractivity contribution >= 4 is 5.65 Å². The molecule has 0 N–H and O–H groups in total. The highest BCUT2D eigenvalue weighted by Gasteiger charge is 2.32. The number of alkyl halides is 3. The third kappa shape index (κ3) is 3.66. The number of imidazole rings is 1. The van der Waals surface area contributed by atoms with Crippen molar-refractivity contribution in [1.29, 1.82) is 0 Å². The molecule has 0 amide bonds. The topological polar surface area (TPSA) is 43.1 Å². The third-order valence-electron chi connectivity index (χ3n) is 5.02. The Bertz CT molecular complexity index is 1370. The van der Waals surface area contributed by atoms with Gasteiger partial charge in [-0.05, 0) is 47.5 Å². The van der Waals surface area contributed by atoms with Crippen LogP contribution in [-0.4, -0.2) is 19.4 Å². The lowest BCUT2D eigenvalue weighted by Gasteiger charge is -2.09. The Morgan fingerprint density at radius 3 is 2.23 bits per heavy atom. The van der Waals surface area contributed by atoms with Crippen LogP contribution in [0.2, 0.25) is 0 Å². The zero-order chi connectivity index (χ0) is 21.4. The lowest BCUT2D eigenvalue weighted by Crippen LogP contribution is -2.07. The zero-order valence-electron chi connectivity index (χ0n) is 16.1. The first-order chi connectivity index (χ1) is 15.0. The van der Waals surface area contributed by atoms with Crippen molar-refractivity contribution in [3.05, 3.63) is 97.2 Å². The number of benzene rings is 1. The number of nitrogens with zero attached hydrogens (tertiary/aromatic N) is 4. The molecule has 4 heterocycles. The number of hydrogen-bond acceptors (Lipinski definition) is 3.